The Hall–Kier alpha value is -3.46. The zero-order chi connectivity index (χ0) is 24.0. The fraction of sp³-hybridized carbons (Fsp3) is 0.292. The van der Waals surface area contributed by atoms with E-state index in [0.717, 1.165) is 36.2 Å². The van der Waals surface area contributed by atoms with Crippen molar-refractivity contribution in [2.75, 3.05) is 20.3 Å². The number of phenols is 1. The number of nitrogens with zero attached hydrogens (tertiary/aromatic N) is 2. The topological polar surface area (TPSA) is 109 Å². The lowest BCUT2D eigenvalue weighted by Crippen LogP contribution is -2.28. The van der Waals surface area contributed by atoms with Crippen LogP contribution in [0.4, 0.5) is 5.69 Å². The maximum atomic E-state index is 13.0. The molecule has 0 aliphatic carbocycles. The van der Waals surface area contributed by atoms with Gasteiger partial charge in [-0.25, -0.2) is 9.79 Å². The number of phenolic OH excluding ortho intramolecular Hbond substituents is 1. The lowest BCUT2D eigenvalue weighted by atomic mass is 10.1. The van der Waals surface area contributed by atoms with E-state index in [-0.39, 0.29) is 22.9 Å². The van der Waals surface area contributed by atoms with E-state index in [2.05, 4.69) is 11.9 Å². The fourth-order valence-electron chi connectivity index (χ4n) is 3.14. The number of amidine groups is 1. The molecular weight excluding hydrogens is 444 g/mol. The average molecular weight is 471 g/mol. The summed E-state index contributed by atoms with van der Waals surface area (Å²) in [7, 11) is 1.57. The van der Waals surface area contributed by atoms with Crippen LogP contribution in [0.3, 0.4) is 0 Å². The van der Waals surface area contributed by atoms with E-state index in [4.69, 9.17) is 9.47 Å². The van der Waals surface area contributed by atoms with Crippen molar-refractivity contribution in [2.45, 2.75) is 26.7 Å². The Morgan fingerprint density at radius 1 is 1.18 bits per heavy atom. The molecule has 1 fully saturated rings. The Morgan fingerprint density at radius 2 is 1.97 bits per heavy atom. The molecule has 1 heterocycles. The molecule has 8 nitrogen and oxygen atoms in total. The average Bonchev–Trinajstić information content (AvgIpc) is 3.09. The van der Waals surface area contributed by atoms with Gasteiger partial charge < -0.3 is 19.7 Å². The number of carboxylic acids is 1. The van der Waals surface area contributed by atoms with Crippen molar-refractivity contribution in [2.24, 2.45) is 4.99 Å². The smallest absolute Gasteiger partial charge is 0.338 e. The maximum absolute atomic E-state index is 13.0. The molecular formula is C24H26N2O6S. The monoisotopic (exact) mass is 470 g/mol. The summed E-state index contributed by atoms with van der Waals surface area (Å²) in [6, 6.07) is 9.36. The zero-order valence-electron chi connectivity index (χ0n) is 18.7. The predicted molar refractivity (Wildman–Crippen MR) is 129 cm³/mol. The SMILES string of the molecule is CCCCOc1ccc(/C=C2\SC(=Nc3ccc(O)cc3C(=O)O)N(CC)C2=O)cc1OC. The van der Waals surface area contributed by atoms with Crippen molar-refractivity contribution >= 4 is 40.6 Å². The molecule has 2 aromatic rings. The van der Waals surface area contributed by atoms with Crippen LogP contribution in [-0.4, -0.2) is 52.4 Å². The van der Waals surface area contributed by atoms with E-state index < -0.39 is 5.97 Å². The van der Waals surface area contributed by atoms with Crippen LogP contribution in [0.1, 0.15) is 42.6 Å². The largest absolute Gasteiger partial charge is 0.508 e. The molecule has 9 heteroatoms. The molecule has 0 saturated carbocycles. The molecule has 0 bridgehead atoms. The van der Waals surface area contributed by atoms with Crippen molar-refractivity contribution in [3.05, 3.63) is 52.4 Å². The number of rotatable bonds is 9. The first-order valence-electron chi connectivity index (χ1n) is 10.5. The molecule has 0 atom stereocenters. The van der Waals surface area contributed by atoms with Crippen LogP contribution in [0.25, 0.3) is 6.08 Å². The quantitative estimate of drug-likeness (QED) is 0.396. The fourth-order valence-corrected chi connectivity index (χ4v) is 4.19. The van der Waals surface area contributed by atoms with Gasteiger partial charge in [-0.15, -0.1) is 0 Å². The number of carboxylic acid groups (broad SMARTS) is 1. The second kappa shape index (κ2) is 10.9. The summed E-state index contributed by atoms with van der Waals surface area (Å²) in [6.07, 6.45) is 3.72. The molecule has 1 saturated heterocycles. The lowest BCUT2D eigenvalue weighted by Gasteiger charge is -2.12. The van der Waals surface area contributed by atoms with Gasteiger partial charge in [-0.2, -0.15) is 0 Å². The minimum atomic E-state index is -1.22. The Morgan fingerprint density at radius 3 is 2.64 bits per heavy atom. The third kappa shape index (κ3) is 5.67. The summed E-state index contributed by atoms with van der Waals surface area (Å²) in [5.41, 5.74) is 0.775. The van der Waals surface area contributed by atoms with Gasteiger partial charge in [0.05, 0.1) is 29.9 Å². The number of benzene rings is 2. The van der Waals surface area contributed by atoms with Crippen LogP contribution in [0.2, 0.25) is 0 Å². The number of unbranched alkanes of at least 4 members (excludes halogenated alkanes) is 1. The van der Waals surface area contributed by atoms with Gasteiger partial charge in [-0.3, -0.25) is 9.69 Å². The van der Waals surface area contributed by atoms with Gasteiger partial charge in [-0.1, -0.05) is 19.4 Å². The van der Waals surface area contributed by atoms with Gasteiger partial charge in [0, 0.05) is 6.54 Å². The van der Waals surface area contributed by atoms with Crippen LogP contribution in [-0.2, 0) is 4.79 Å². The van der Waals surface area contributed by atoms with Crippen molar-refractivity contribution in [1.29, 1.82) is 0 Å². The normalized spacial score (nSPS) is 16.0. The van der Waals surface area contributed by atoms with E-state index in [1.165, 1.54) is 17.0 Å². The van der Waals surface area contributed by atoms with Gasteiger partial charge in [0.25, 0.3) is 5.91 Å². The second-order valence-electron chi connectivity index (χ2n) is 7.17. The predicted octanol–water partition coefficient (Wildman–Crippen LogP) is 4.90. The van der Waals surface area contributed by atoms with E-state index >= 15 is 0 Å². The number of carbonyl (C=O) groups excluding carboxylic acids is 1. The molecule has 33 heavy (non-hydrogen) atoms. The summed E-state index contributed by atoms with van der Waals surface area (Å²) >= 11 is 1.16. The van der Waals surface area contributed by atoms with Gasteiger partial charge >= 0.3 is 5.97 Å². The Bertz CT molecular complexity index is 1110. The number of ether oxygens (including phenoxy) is 2. The number of hydrogen-bond donors (Lipinski definition) is 2. The van der Waals surface area contributed by atoms with Crippen molar-refractivity contribution in [1.82, 2.24) is 4.90 Å². The highest BCUT2D eigenvalue weighted by Crippen LogP contribution is 2.36. The number of carbonyl (C=O) groups is 2. The first-order chi connectivity index (χ1) is 15.9. The molecule has 2 aromatic carbocycles. The Kier molecular flexibility index (Phi) is 8.00. The number of aromatic hydroxyl groups is 1. The summed E-state index contributed by atoms with van der Waals surface area (Å²) in [6.45, 7) is 4.88. The third-order valence-electron chi connectivity index (χ3n) is 4.87. The minimum Gasteiger partial charge on any atom is -0.508 e. The van der Waals surface area contributed by atoms with Gasteiger partial charge in [0.1, 0.15) is 5.75 Å². The van der Waals surface area contributed by atoms with E-state index in [0.29, 0.717) is 34.7 Å². The van der Waals surface area contributed by atoms with E-state index in [1.807, 2.05) is 19.1 Å². The van der Waals surface area contributed by atoms with Crippen LogP contribution in [0, 0.1) is 0 Å². The first-order valence-corrected chi connectivity index (χ1v) is 11.4. The molecule has 0 aromatic heterocycles. The summed E-state index contributed by atoms with van der Waals surface area (Å²) < 4.78 is 11.2. The van der Waals surface area contributed by atoms with Crippen molar-refractivity contribution in [3.63, 3.8) is 0 Å². The number of hydrogen-bond acceptors (Lipinski definition) is 7. The molecule has 1 aliphatic rings. The zero-order valence-corrected chi connectivity index (χ0v) is 19.5. The molecule has 0 radical (unpaired) electrons. The molecule has 1 aliphatic heterocycles. The maximum Gasteiger partial charge on any atom is 0.338 e. The van der Waals surface area contributed by atoms with Gasteiger partial charge in [0.2, 0.25) is 0 Å². The molecule has 1 amide bonds. The molecule has 3 rings (SSSR count). The van der Waals surface area contributed by atoms with E-state index in [9.17, 15) is 19.8 Å². The van der Waals surface area contributed by atoms with Crippen LogP contribution >= 0.6 is 11.8 Å². The van der Waals surface area contributed by atoms with Gasteiger partial charge in [-0.05, 0) is 67.1 Å². The van der Waals surface area contributed by atoms with E-state index in [1.54, 1.807) is 19.3 Å². The summed E-state index contributed by atoms with van der Waals surface area (Å²) in [4.78, 5) is 30.8. The van der Waals surface area contributed by atoms with Crippen LogP contribution in [0.15, 0.2) is 46.3 Å². The highest BCUT2D eigenvalue weighted by molar-refractivity contribution is 8.18. The van der Waals surface area contributed by atoms with Crippen molar-refractivity contribution in [3.8, 4) is 17.2 Å². The first kappa shape index (κ1) is 24.2. The molecule has 174 valence electrons. The standard InChI is InChI=1S/C24H26N2O6S/c1-4-6-11-32-19-10-7-15(12-20(19)31-3)13-21-22(28)26(5-2)24(33-21)25-18-9-8-16(27)14-17(18)23(29)30/h7-10,12-14,27H,4-6,11H2,1-3H3,(H,29,30)/b21-13-,25-24?. The summed E-state index contributed by atoms with van der Waals surface area (Å²) in [5.74, 6) is -0.391. The van der Waals surface area contributed by atoms with Crippen molar-refractivity contribution < 1.29 is 29.3 Å². The highest BCUT2D eigenvalue weighted by Gasteiger charge is 2.32. The van der Waals surface area contributed by atoms with Crippen LogP contribution < -0.4 is 9.47 Å². The molecule has 0 unspecified atom stereocenters. The van der Waals surface area contributed by atoms with Gasteiger partial charge in [0.15, 0.2) is 16.7 Å². The lowest BCUT2D eigenvalue weighted by molar-refractivity contribution is -0.122. The number of thioether (sulfide) groups is 1. The molecule has 2 N–H and O–H groups in total. The number of likely N-dealkylation sites (N-methyl/N-ethyl adjacent to an activating group) is 1. The Balaban J connectivity index is 1.91. The highest BCUT2D eigenvalue weighted by atomic mass is 32.2. The second-order valence-corrected chi connectivity index (χ2v) is 8.18. The summed E-state index contributed by atoms with van der Waals surface area (Å²) in [5, 5.41) is 19.4. The number of aromatic carboxylic acids is 1. The third-order valence-corrected chi connectivity index (χ3v) is 5.88. The van der Waals surface area contributed by atoms with Crippen LogP contribution in [0.5, 0.6) is 17.2 Å². The number of methoxy groups -OCH3 is 1. The number of amides is 1. The molecule has 0 spiro atoms. The minimum absolute atomic E-state index is 0.146. The Labute approximate surface area is 196 Å². The number of aliphatic imine (C=N–C) groups is 1.